The van der Waals surface area contributed by atoms with Crippen molar-refractivity contribution < 1.29 is 23.9 Å². The van der Waals surface area contributed by atoms with Crippen molar-refractivity contribution >= 4 is 39.8 Å². The minimum absolute atomic E-state index is 0.141. The number of esters is 1. The molecule has 0 fully saturated rings. The molecule has 0 bridgehead atoms. The van der Waals surface area contributed by atoms with E-state index >= 15 is 0 Å². The number of nitrogens with zero attached hydrogens (tertiary/aromatic N) is 1. The standard InChI is InChI=1S/C39H36N2O5/c1-27(2)38(43)41(32-20-19-29-11-7-8-14-31(29)26-32)23-24-46-33-21-17-28(18-22-33)25-36(39(44)45-3)40-35-16-10-9-15-34(35)37(42)30-12-5-4-6-13-30/h4-22,26,36,40H,1,23-25H2,2-3H3. The average Bonchev–Trinajstić information content (AvgIpc) is 3.10. The van der Waals surface area contributed by atoms with Gasteiger partial charge in [-0.2, -0.15) is 0 Å². The van der Waals surface area contributed by atoms with Gasteiger partial charge in [0.1, 0.15) is 18.4 Å². The number of hydrogen-bond donors (Lipinski definition) is 1. The van der Waals surface area contributed by atoms with Gasteiger partial charge in [-0.05, 0) is 59.7 Å². The number of fused-ring (bicyclic) bond motifs is 1. The number of methoxy groups -OCH3 is 1. The van der Waals surface area contributed by atoms with Crippen LogP contribution in [-0.2, 0) is 20.7 Å². The zero-order valence-corrected chi connectivity index (χ0v) is 25.9. The summed E-state index contributed by atoms with van der Waals surface area (Å²) in [4.78, 5) is 40.7. The number of nitrogens with one attached hydrogen (secondary N) is 1. The monoisotopic (exact) mass is 612 g/mol. The second-order valence-corrected chi connectivity index (χ2v) is 10.9. The number of para-hydroxylation sites is 1. The normalized spacial score (nSPS) is 11.3. The van der Waals surface area contributed by atoms with Crippen LogP contribution in [0.4, 0.5) is 11.4 Å². The van der Waals surface area contributed by atoms with Gasteiger partial charge in [0, 0.05) is 34.5 Å². The van der Waals surface area contributed by atoms with Crippen LogP contribution in [0.15, 0.2) is 133 Å². The number of carbonyl (C=O) groups excluding carboxylic acids is 3. The molecule has 46 heavy (non-hydrogen) atoms. The van der Waals surface area contributed by atoms with Crippen molar-refractivity contribution in [3.8, 4) is 5.75 Å². The van der Waals surface area contributed by atoms with Crippen molar-refractivity contribution in [2.45, 2.75) is 19.4 Å². The van der Waals surface area contributed by atoms with Crippen LogP contribution < -0.4 is 15.0 Å². The molecule has 0 aromatic heterocycles. The lowest BCUT2D eigenvalue weighted by Gasteiger charge is -2.23. The minimum Gasteiger partial charge on any atom is -0.492 e. The molecule has 232 valence electrons. The predicted molar refractivity (Wildman–Crippen MR) is 182 cm³/mol. The van der Waals surface area contributed by atoms with Crippen molar-refractivity contribution in [1.82, 2.24) is 0 Å². The Bertz CT molecular complexity index is 1850. The second kappa shape index (κ2) is 14.9. The van der Waals surface area contributed by atoms with Crippen LogP contribution in [0, 0.1) is 0 Å². The molecule has 0 spiro atoms. The lowest BCUT2D eigenvalue weighted by atomic mass is 10.00. The van der Waals surface area contributed by atoms with Gasteiger partial charge in [0.25, 0.3) is 5.91 Å². The largest absolute Gasteiger partial charge is 0.492 e. The summed E-state index contributed by atoms with van der Waals surface area (Å²) in [7, 11) is 1.34. The van der Waals surface area contributed by atoms with Gasteiger partial charge >= 0.3 is 5.97 Å². The fourth-order valence-corrected chi connectivity index (χ4v) is 5.21. The molecule has 5 aromatic carbocycles. The Labute approximate surface area is 269 Å². The van der Waals surface area contributed by atoms with Crippen LogP contribution in [-0.4, -0.2) is 44.0 Å². The summed E-state index contributed by atoms with van der Waals surface area (Å²) in [6.07, 6.45) is 0.323. The Morgan fingerprint density at radius 1 is 0.804 bits per heavy atom. The van der Waals surface area contributed by atoms with Gasteiger partial charge in [-0.1, -0.05) is 91.5 Å². The van der Waals surface area contributed by atoms with Gasteiger partial charge in [-0.25, -0.2) is 4.79 Å². The summed E-state index contributed by atoms with van der Waals surface area (Å²) in [6.45, 7) is 6.15. The van der Waals surface area contributed by atoms with Crippen LogP contribution in [0.1, 0.15) is 28.4 Å². The number of rotatable bonds is 13. The molecule has 0 heterocycles. The maximum absolute atomic E-state index is 13.2. The van der Waals surface area contributed by atoms with Gasteiger partial charge in [-0.3, -0.25) is 9.59 Å². The van der Waals surface area contributed by atoms with E-state index in [0.29, 0.717) is 41.1 Å². The highest BCUT2D eigenvalue weighted by Gasteiger charge is 2.23. The smallest absolute Gasteiger partial charge is 0.328 e. The third kappa shape index (κ3) is 7.68. The number of ether oxygens (including phenoxy) is 2. The van der Waals surface area contributed by atoms with Crippen LogP contribution in [0.5, 0.6) is 5.75 Å². The van der Waals surface area contributed by atoms with E-state index in [2.05, 4.69) is 11.9 Å². The first kappa shape index (κ1) is 31.7. The highest BCUT2D eigenvalue weighted by atomic mass is 16.5. The summed E-state index contributed by atoms with van der Waals surface area (Å²) < 4.78 is 11.1. The van der Waals surface area contributed by atoms with Crippen molar-refractivity contribution in [2.24, 2.45) is 0 Å². The molecule has 0 saturated heterocycles. The molecule has 5 rings (SSSR count). The second-order valence-electron chi connectivity index (χ2n) is 10.9. The van der Waals surface area contributed by atoms with Gasteiger partial charge in [0.2, 0.25) is 0 Å². The van der Waals surface area contributed by atoms with Gasteiger partial charge in [-0.15, -0.1) is 0 Å². The fraction of sp³-hybridized carbons (Fsp3) is 0.154. The Hall–Kier alpha value is -5.69. The Morgan fingerprint density at radius 3 is 2.20 bits per heavy atom. The Morgan fingerprint density at radius 2 is 1.48 bits per heavy atom. The minimum atomic E-state index is -0.731. The van der Waals surface area contributed by atoms with E-state index in [1.54, 1.807) is 42.2 Å². The molecule has 1 unspecified atom stereocenters. The van der Waals surface area contributed by atoms with E-state index in [-0.39, 0.29) is 18.3 Å². The molecule has 0 radical (unpaired) electrons. The highest BCUT2D eigenvalue weighted by molar-refractivity contribution is 6.12. The van der Waals surface area contributed by atoms with Gasteiger partial charge in [0.15, 0.2) is 5.78 Å². The van der Waals surface area contributed by atoms with Gasteiger partial charge in [0.05, 0.1) is 13.7 Å². The molecule has 7 heteroatoms. The number of anilines is 2. The fourth-order valence-electron chi connectivity index (χ4n) is 5.21. The van der Waals surface area contributed by atoms with E-state index in [9.17, 15) is 14.4 Å². The van der Waals surface area contributed by atoms with E-state index < -0.39 is 12.0 Å². The molecule has 1 amide bonds. The molecule has 0 aliphatic heterocycles. The number of carbonyl (C=O) groups is 3. The SMILES string of the molecule is C=C(C)C(=O)N(CCOc1ccc(CC(Nc2ccccc2C(=O)c2ccccc2)C(=O)OC)cc1)c1ccc2ccccc2c1. The van der Waals surface area contributed by atoms with Crippen molar-refractivity contribution in [3.05, 3.63) is 150 Å². The van der Waals surface area contributed by atoms with Crippen molar-refractivity contribution in [1.29, 1.82) is 0 Å². The number of hydrogen-bond acceptors (Lipinski definition) is 6. The van der Waals surface area contributed by atoms with E-state index in [1.165, 1.54) is 7.11 Å². The summed E-state index contributed by atoms with van der Waals surface area (Å²) >= 11 is 0. The number of benzene rings is 5. The van der Waals surface area contributed by atoms with Crippen LogP contribution in [0.25, 0.3) is 10.8 Å². The quantitative estimate of drug-likeness (QED) is 0.0856. The first-order chi connectivity index (χ1) is 22.3. The summed E-state index contributed by atoms with van der Waals surface area (Å²) in [6, 6.07) is 36.8. The highest BCUT2D eigenvalue weighted by Crippen LogP contribution is 2.25. The molecule has 5 aromatic rings. The third-order valence-corrected chi connectivity index (χ3v) is 7.62. The lowest BCUT2D eigenvalue weighted by molar-refractivity contribution is -0.141. The molecular weight excluding hydrogens is 576 g/mol. The zero-order chi connectivity index (χ0) is 32.5. The topological polar surface area (TPSA) is 84.9 Å². The molecule has 0 aliphatic carbocycles. The van der Waals surface area contributed by atoms with Crippen molar-refractivity contribution in [3.63, 3.8) is 0 Å². The average molecular weight is 613 g/mol. The van der Waals surface area contributed by atoms with E-state index in [4.69, 9.17) is 9.47 Å². The summed E-state index contributed by atoms with van der Waals surface area (Å²) in [5.74, 6) is -0.120. The van der Waals surface area contributed by atoms with Crippen molar-refractivity contribution in [2.75, 3.05) is 30.5 Å². The third-order valence-electron chi connectivity index (χ3n) is 7.62. The molecule has 0 saturated carbocycles. The number of ketones is 1. The molecular formula is C39H36N2O5. The Balaban J connectivity index is 1.25. The zero-order valence-electron chi connectivity index (χ0n) is 25.9. The first-order valence-electron chi connectivity index (χ1n) is 15.0. The first-order valence-corrected chi connectivity index (χ1v) is 15.0. The Kier molecular flexibility index (Phi) is 10.2. The number of amides is 1. The van der Waals surface area contributed by atoms with Crippen LogP contribution >= 0.6 is 0 Å². The lowest BCUT2D eigenvalue weighted by Crippen LogP contribution is -2.35. The maximum atomic E-state index is 13.2. The predicted octanol–water partition coefficient (Wildman–Crippen LogP) is 7.26. The van der Waals surface area contributed by atoms with Crippen LogP contribution in [0.2, 0.25) is 0 Å². The summed E-state index contributed by atoms with van der Waals surface area (Å²) in [5.41, 5.74) is 3.67. The van der Waals surface area contributed by atoms with E-state index in [1.807, 2.05) is 91.0 Å². The summed E-state index contributed by atoms with van der Waals surface area (Å²) in [5, 5.41) is 5.37. The maximum Gasteiger partial charge on any atom is 0.328 e. The van der Waals surface area contributed by atoms with E-state index in [0.717, 1.165) is 22.0 Å². The molecule has 1 N–H and O–H groups in total. The molecule has 0 aliphatic rings. The van der Waals surface area contributed by atoms with Crippen LogP contribution in [0.3, 0.4) is 0 Å². The molecule has 1 atom stereocenters. The molecule has 7 nitrogen and oxygen atoms in total. The van der Waals surface area contributed by atoms with Gasteiger partial charge < -0.3 is 19.7 Å².